The van der Waals surface area contributed by atoms with E-state index in [0.29, 0.717) is 23.6 Å². The van der Waals surface area contributed by atoms with Crippen molar-refractivity contribution >= 4 is 35.5 Å². The highest BCUT2D eigenvalue weighted by atomic mass is 32.2. The number of carbonyl (C=O) groups excluding carboxylic acids is 2. The van der Waals surface area contributed by atoms with Crippen LogP contribution < -0.4 is 10.6 Å². The first-order chi connectivity index (χ1) is 10.7. The average molecular weight is 344 g/mol. The Balaban J connectivity index is 1.33. The molecule has 3 aliphatic heterocycles. The van der Waals surface area contributed by atoms with Crippen molar-refractivity contribution in [1.82, 2.24) is 15.5 Å². The van der Waals surface area contributed by atoms with E-state index in [2.05, 4.69) is 10.6 Å². The van der Waals surface area contributed by atoms with E-state index in [4.69, 9.17) is 0 Å². The number of hydrogen-bond donors (Lipinski definition) is 2. The molecule has 22 heavy (non-hydrogen) atoms. The maximum atomic E-state index is 12.2. The number of nitrogens with one attached hydrogen (secondary N) is 2. The third-order valence-corrected chi connectivity index (χ3v) is 7.20. The van der Waals surface area contributed by atoms with E-state index < -0.39 is 0 Å². The second-order valence-corrected chi connectivity index (χ2v) is 8.71. The van der Waals surface area contributed by atoms with Crippen molar-refractivity contribution < 1.29 is 9.59 Å². The van der Waals surface area contributed by atoms with Gasteiger partial charge in [0.1, 0.15) is 0 Å². The molecule has 3 fully saturated rings. The molecule has 3 saturated heterocycles. The number of nitrogens with zero attached hydrogens (tertiary/aromatic N) is 1. The van der Waals surface area contributed by atoms with Gasteiger partial charge in [-0.2, -0.15) is 23.5 Å². The predicted molar refractivity (Wildman–Crippen MR) is 92.5 cm³/mol. The summed E-state index contributed by atoms with van der Waals surface area (Å²) in [4.78, 5) is 25.6. The van der Waals surface area contributed by atoms with Gasteiger partial charge in [0.15, 0.2) is 0 Å². The van der Waals surface area contributed by atoms with Crippen molar-refractivity contribution in [2.45, 2.75) is 49.4 Å². The van der Waals surface area contributed by atoms with Crippen molar-refractivity contribution in [3.8, 4) is 0 Å². The number of thioether (sulfide) groups is 2. The zero-order valence-electron chi connectivity index (χ0n) is 12.9. The third-order valence-electron chi connectivity index (χ3n) is 4.64. The fourth-order valence-corrected chi connectivity index (χ4v) is 5.85. The molecule has 0 aromatic carbocycles. The largest absolute Gasteiger partial charge is 0.342 e. The van der Waals surface area contributed by atoms with Crippen molar-refractivity contribution in [3.05, 3.63) is 0 Å². The highest BCUT2D eigenvalue weighted by Crippen LogP contribution is 2.33. The molecular weight excluding hydrogens is 318 g/mol. The summed E-state index contributed by atoms with van der Waals surface area (Å²) >= 11 is 3.90. The summed E-state index contributed by atoms with van der Waals surface area (Å²) in [6.07, 6.45) is 4.95. The van der Waals surface area contributed by atoms with E-state index >= 15 is 0 Å². The molecule has 2 N–H and O–H groups in total. The van der Waals surface area contributed by atoms with Crippen LogP contribution in [0, 0.1) is 0 Å². The molecule has 7 heteroatoms. The number of unbranched alkanes of at least 4 members (excludes halogenated alkanes) is 1. The molecule has 5 nitrogen and oxygen atoms in total. The Hall–Kier alpha value is -0.560. The van der Waals surface area contributed by atoms with E-state index in [1.165, 1.54) is 5.75 Å². The van der Waals surface area contributed by atoms with Crippen molar-refractivity contribution in [3.63, 3.8) is 0 Å². The highest BCUT2D eigenvalue weighted by Gasteiger charge is 2.42. The topological polar surface area (TPSA) is 61.4 Å². The van der Waals surface area contributed by atoms with Crippen molar-refractivity contribution in [2.24, 2.45) is 0 Å². The minimum absolute atomic E-state index is 0.0190. The molecule has 0 aromatic rings. The lowest BCUT2D eigenvalue weighted by Crippen LogP contribution is -2.36. The van der Waals surface area contributed by atoms with Crippen LogP contribution in [0.25, 0.3) is 0 Å². The Morgan fingerprint density at radius 2 is 2.14 bits per heavy atom. The molecule has 0 spiro atoms. The first-order valence-corrected chi connectivity index (χ1v) is 10.5. The van der Waals surface area contributed by atoms with Gasteiger partial charge in [-0.15, -0.1) is 0 Å². The molecule has 3 rings (SSSR count). The van der Waals surface area contributed by atoms with E-state index in [1.807, 2.05) is 28.4 Å². The van der Waals surface area contributed by atoms with Crippen LogP contribution in [0.4, 0.5) is 4.79 Å². The molecule has 0 aromatic heterocycles. The van der Waals surface area contributed by atoms with Crippen LogP contribution in [0.3, 0.4) is 0 Å². The van der Waals surface area contributed by atoms with E-state index in [0.717, 1.165) is 50.3 Å². The smallest absolute Gasteiger partial charge is 0.315 e. The number of rotatable bonds is 5. The molecule has 0 unspecified atom stereocenters. The van der Waals surface area contributed by atoms with Gasteiger partial charge in [0.25, 0.3) is 0 Å². The number of urea groups is 1. The molecule has 3 amide bonds. The normalized spacial score (nSPS) is 31.4. The summed E-state index contributed by atoms with van der Waals surface area (Å²) in [5, 5.41) is 6.50. The van der Waals surface area contributed by atoms with Crippen LogP contribution >= 0.6 is 23.5 Å². The van der Waals surface area contributed by atoms with Crippen LogP contribution in [0.15, 0.2) is 0 Å². The summed E-state index contributed by atoms with van der Waals surface area (Å²) < 4.78 is 0. The second-order valence-electron chi connectivity index (χ2n) is 6.21. The maximum Gasteiger partial charge on any atom is 0.315 e. The summed E-state index contributed by atoms with van der Waals surface area (Å²) in [6, 6.07) is 0.573. The van der Waals surface area contributed by atoms with Gasteiger partial charge in [-0.3, -0.25) is 4.79 Å². The zero-order valence-corrected chi connectivity index (χ0v) is 14.5. The summed E-state index contributed by atoms with van der Waals surface area (Å²) in [5.74, 6) is 3.61. The Kier molecular flexibility index (Phi) is 5.79. The molecule has 3 atom stereocenters. The van der Waals surface area contributed by atoms with Crippen LogP contribution in [-0.4, -0.2) is 64.5 Å². The van der Waals surface area contributed by atoms with Crippen molar-refractivity contribution in [2.75, 3.05) is 30.3 Å². The number of amides is 3. The molecule has 3 heterocycles. The first kappa shape index (κ1) is 16.3. The maximum absolute atomic E-state index is 12.2. The third kappa shape index (κ3) is 4.04. The highest BCUT2D eigenvalue weighted by molar-refractivity contribution is 8.00. The minimum Gasteiger partial charge on any atom is -0.342 e. The Morgan fingerprint density at radius 3 is 3.05 bits per heavy atom. The van der Waals surface area contributed by atoms with Gasteiger partial charge in [-0.1, -0.05) is 6.42 Å². The summed E-state index contributed by atoms with van der Waals surface area (Å²) in [7, 11) is 0. The number of fused-ring (bicyclic) bond motifs is 1. The lowest BCUT2D eigenvalue weighted by atomic mass is 10.0. The van der Waals surface area contributed by atoms with Crippen LogP contribution in [-0.2, 0) is 4.79 Å². The molecule has 0 bridgehead atoms. The van der Waals surface area contributed by atoms with E-state index in [9.17, 15) is 9.59 Å². The molecule has 0 radical (unpaired) electrons. The van der Waals surface area contributed by atoms with E-state index in [-0.39, 0.29) is 12.1 Å². The number of hydrogen-bond acceptors (Lipinski definition) is 4. The second kappa shape index (κ2) is 7.81. The standard InChI is InChI=1S/C15H25N3O2S2/c19-13(18-6-3-8-21-9-7-18)5-2-1-4-12-14-11(10-22-12)16-15(20)17-14/h11-12,14H,1-10H2,(H2,16,17,20)/t11-,12-,14-/m0/s1. The Morgan fingerprint density at radius 1 is 1.23 bits per heavy atom. The fourth-order valence-electron chi connectivity index (χ4n) is 3.42. The van der Waals surface area contributed by atoms with Gasteiger partial charge in [-0.25, -0.2) is 4.79 Å². The van der Waals surface area contributed by atoms with Crippen molar-refractivity contribution in [1.29, 1.82) is 0 Å². The monoisotopic (exact) mass is 343 g/mol. The van der Waals surface area contributed by atoms with E-state index in [1.54, 1.807) is 0 Å². The molecular formula is C15H25N3O2S2. The molecule has 0 aliphatic carbocycles. The number of carbonyl (C=O) groups is 2. The predicted octanol–water partition coefficient (Wildman–Crippen LogP) is 1.68. The van der Waals surface area contributed by atoms with Crippen LogP contribution in [0.5, 0.6) is 0 Å². The van der Waals surface area contributed by atoms with Gasteiger partial charge < -0.3 is 15.5 Å². The average Bonchev–Trinajstić information content (AvgIpc) is 2.92. The Labute approximate surface area is 140 Å². The van der Waals surface area contributed by atoms with Gasteiger partial charge in [0.2, 0.25) is 5.91 Å². The van der Waals surface area contributed by atoms with Gasteiger partial charge in [0.05, 0.1) is 12.1 Å². The van der Waals surface area contributed by atoms with Gasteiger partial charge >= 0.3 is 6.03 Å². The molecule has 124 valence electrons. The summed E-state index contributed by atoms with van der Waals surface area (Å²) in [6.45, 7) is 1.86. The fraction of sp³-hybridized carbons (Fsp3) is 0.867. The summed E-state index contributed by atoms with van der Waals surface area (Å²) in [5.41, 5.74) is 0. The van der Waals surface area contributed by atoms with Gasteiger partial charge in [-0.05, 0) is 25.0 Å². The van der Waals surface area contributed by atoms with Crippen LogP contribution in [0.1, 0.15) is 32.1 Å². The lowest BCUT2D eigenvalue weighted by Gasteiger charge is -2.20. The lowest BCUT2D eigenvalue weighted by molar-refractivity contribution is -0.131. The van der Waals surface area contributed by atoms with Crippen LogP contribution in [0.2, 0.25) is 0 Å². The minimum atomic E-state index is -0.0190. The Bertz CT molecular complexity index is 414. The van der Waals surface area contributed by atoms with Gasteiger partial charge in [0, 0.05) is 36.3 Å². The molecule has 3 aliphatic rings. The SMILES string of the molecule is O=C1N[C@H]2[C@H](CS[C@H]2CCCCC(=O)N2CCCSCC2)N1. The quantitative estimate of drug-likeness (QED) is 0.589. The zero-order chi connectivity index (χ0) is 15.4. The molecule has 0 saturated carbocycles. The first-order valence-electron chi connectivity index (χ1n) is 8.28.